The lowest BCUT2D eigenvalue weighted by atomic mass is 10.2. The smallest absolute Gasteiger partial charge is 0.299 e. The summed E-state index contributed by atoms with van der Waals surface area (Å²) >= 11 is 0. The third-order valence-corrected chi connectivity index (χ3v) is 4.87. The molecule has 0 saturated carbocycles. The SMILES string of the molecule is COc1ccc(-c2cnn(S(=O)(=O)c3ccc(C)cc3)n2)cc1. The third kappa shape index (κ3) is 2.95. The lowest BCUT2D eigenvalue weighted by Crippen LogP contribution is -2.16. The van der Waals surface area contributed by atoms with Gasteiger partial charge in [0.25, 0.3) is 10.0 Å². The summed E-state index contributed by atoms with van der Waals surface area (Å²) in [7, 11) is -2.20. The maximum absolute atomic E-state index is 12.5. The van der Waals surface area contributed by atoms with Crippen LogP contribution in [0.1, 0.15) is 5.56 Å². The van der Waals surface area contributed by atoms with Crippen molar-refractivity contribution in [2.75, 3.05) is 7.11 Å². The van der Waals surface area contributed by atoms with E-state index < -0.39 is 10.0 Å². The topological polar surface area (TPSA) is 74.1 Å². The van der Waals surface area contributed by atoms with Gasteiger partial charge in [-0.15, -0.1) is 10.2 Å². The van der Waals surface area contributed by atoms with E-state index in [1.165, 1.54) is 6.20 Å². The van der Waals surface area contributed by atoms with Crippen molar-refractivity contribution in [3.63, 3.8) is 0 Å². The Hall–Kier alpha value is -2.67. The van der Waals surface area contributed by atoms with E-state index >= 15 is 0 Å². The van der Waals surface area contributed by atoms with Gasteiger partial charge in [0.15, 0.2) is 0 Å². The maximum Gasteiger partial charge on any atom is 0.299 e. The standard InChI is InChI=1S/C16H15N3O3S/c1-12-3-9-15(10-4-12)23(20,21)19-17-11-16(18-19)13-5-7-14(22-2)8-6-13/h3-11H,1-2H3. The van der Waals surface area contributed by atoms with Gasteiger partial charge in [-0.1, -0.05) is 21.9 Å². The predicted molar refractivity (Wildman–Crippen MR) is 85.8 cm³/mol. The summed E-state index contributed by atoms with van der Waals surface area (Å²) in [4.78, 5) is 0.153. The molecule has 0 unspecified atom stereocenters. The number of methoxy groups -OCH3 is 1. The largest absolute Gasteiger partial charge is 0.497 e. The molecule has 0 aliphatic carbocycles. The normalized spacial score (nSPS) is 11.4. The molecule has 0 fully saturated rings. The van der Waals surface area contributed by atoms with Crippen molar-refractivity contribution in [3.8, 4) is 17.0 Å². The van der Waals surface area contributed by atoms with E-state index in [1.807, 2.05) is 6.92 Å². The van der Waals surface area contributed by atoms with Crippen LogP contribution in [0.5, 0.6) is 5.75 Å². The monoisotopic (exact) mass is 329 g/mol. The van der Waals surface area contributed by atoms with Crippen LogP contribution in [-0.2, 0) is 10.0 Å². The van der Waals surface area contributed by atoms with Gasteiger partial charge in [0.2, 0.25) is 0 Å². The lowest BCUT2D eigenvalue weighted by Gasteiger charge is -2.03. The molecule has 3 aromatic rings. The number of nitrogens with zero attached hydrogens (tertiary/aromatic N) is 3. The molecule has 118 valence electrons. The van der Waals surface area contributed by atoms with E-state index in [0.717, 1.165) is 15.3 Å². The quantitative estimate of drug-likeness (QED) is 0.735. The van der Waals surface area contributed by atoms with Gasteiger partial charge >= 0.3 is 0 Å². The molecular weight excluding hydrogens is 314 g/mol. The van der Waals surface area contributed by atoms with Crippen molar-refractivity contribution >= 4 is 10.0 Å². The van der Waals surface area contributed by atoms with Crippen LogP contribution in [0, 0.1) is 6.92 Å². The zero-order valence-corrected chi connectivity index (χ0v) is 13.5. The average molecular weight is 329 g/mol. The van der Waals surface area contributed by atoms with E-state index in [9.17, 15) is 8.42 Å². The van der Waals surface area contributed by atoms with Crippen LogP contribution in [0.15, 0.2) is 59.6 Å². The first-order valence-electron chi connectivity index (χ1n) is 6.90. The molecule has 0 aliphatic heterocycles. The van der Waals surface area contributed by atoms with Crippen LogP contribution in [0.4, 0.5) is 0 Å². The summed E-state index contributed by atoms with van der Waals surface area (Å²) in [6, 6.07) is 13.7. The van der Waals surface area contributed by atoms with Gasteiger partial charge in [-0.25, -0.2) is 0 Å². The highest BCUT2D eigenvalue weighted by molar-refractivity contribution is 7.89. The summed E-state index contributed by atoms with van der Waals surface area (Å²) in [5, 5.41) is 7.98. The van der Waals surface area contributed by atoms with Crippen molar-refractivity contribution in [1.29, 1.82) is 0 Å². The second-order valence-electron chi connectivity index (χ2n) is 5.00. The Labute approximate surface area is 134 Å². The minimum Gasteiger partial charge on any atom is -0.497 e. The molecule has 1 heterocycles. The second-order valence-corrected chi connectivity index (χ2v) is 6.75. The first-order valence-corrected chi connectivity index (χ1v) is 8.34. The van der Waals surface area contributed by atoms with Crippen LogP contribution < -0.4 is 4.74 Å². The number of benzene rings is 2. The summed E-state index contributed by atoms with van der Waals surface area (Å²) in [5.74, 6) is 0.716. The summed E-state index contributed by atoms with van der Waals surface area (Å²) < 4.78 is 30.9. The number of hydrogen-bond donors (Lipinski definition) is 0. The van der Waals surface area contributed by atoms with Crippen molar-refractivity contribution in [1.82, 2.24) is 14.4 Å². The highest BCUT2D eigenvalue weighted by atomic mass is 32.2. The maximum atomic E-state index is 12.5. The van der Waals surface area contributed by atoms with Gasteiger partial charge in [-0.3, -0.25) is 0 Å². The van der Waals surface area contributed by atoms with Crippen LogP contribution in [0.2, 0.25) is 0 Å². The first kappa shape index (κ1) is 15.2. The number of ether oxygens (including phenoxy) is 1. The molecule has 0 saturated heterocycles. The zero-order valence-electron chi connectivity index (χ0n) is 12.7. The molecule has 0 radical (unpaired) electrons. The molecule has 0 spiro atoms. The Kier molecular flexibility index (Phi) is 3.87. The highest BCUT2D eigenvalue weighted by Gasteiger charge is 2.19. The highest BCUT2D eigenvalue weighted by Crippen LogP contribution is 2.21. The number of aryl methyl sites for hydroxylation is 1. The molecule has 7 heteroatoms. The van der Waals surface area contributed by atoms with Gasteiger partial charge < -0.3 is 4.74 Å². The molecule has 3 rings (SSSR count). The Balaban J connectivity index is 1.95. The number of rotatable bonds is 4. The van der Waals surface area contributed by atoms with Crippen LogP contribution in [0.3, 0.4) is 0 Å². The summed E-state index contributed by atoms with van der Waals surface area (Å²) in [5.41, 5.74) is 2.22. The molecule has 0 amide bonds. The average Bonchev–Trinajstić information content (AvgIpc) is 3.06. The minimum atomic E-state index is -3.79. The first-order chi connectivity index (χ1) is 11.0. The molecule has 1 aromatic heterocycles. The minimum absolute atomic E-state index is 0.153. The fourth-order valence-corrected chi connectivity index (χ4v) is 3.10. The lowest BCUT2D eigenvalue weighted by molar-refractivity contribution is 0.415. The van der Waals surface area contributed by atoms with Crippen molar-refractivity contribution < 1.29 is 13.2 Å². The van der Waals surface area contributed by atoms with Crippen LogP contribution in [-0.4, -0.2) is 29.9 Å². The Morgan fingerprint density at radius 1 is 1.00 bits per heavy atom. The van der Waals surface area contributed by atoms with Gasteiger partial charge in [-0.2, -0.15) is 8.42 Å². The predicted octanol–water partition coefficient (Wildman–Crippen LogP) is 2.50. The third-order valence-electron chi connectivity index (χ3n) is 3.39. The van der Waals surface area contributed by atoms with E-state index in [4.69, 9.17) is 4.74 Å². The number of aromatic nitrogens is 3. The molecule has 0 bridgehead atoms. The number of hydrogen-bond acceptors (Lipinski definition) is 5. The van der Waals surface area contributed by atoms with Crippen molar-refractivity contribution in [2.24, 2.45) is 0 Å². The Bertz CT molecular complexity index is 914. The molecule has 23 heavy (non-hydrogen) atoms. The van der Waals surface area contributed by atoms with Gasteiger partial charge in [0.1, 0.15) is 11.4 Å². The van der Waals surface area contributed by atoms with E-state index in [2.05, 4.69) is 10.2 Å². The van der Waals surface area contributed by atoms with Crippen molar-refractivity contribution in [3.05, 3.63) is 60.3 Å². The molecular formula is C16H15N3O3S. The fourth-order valence-electron chi connectivity index (χ4n) is 2.06. The van der Waals surface area contributed by atoms with Gasteiger partial charge in [-0.05, 0) is 43.3 Å². The van der Waals surface area contributed by atoms with Gasteiger partial charge in [0, 0.05) is 5.56 Å². The second kappa shape index (κ2) is 5.85. The fraction of sp³-hybridized carbons (Fsp3) is 0.125. The molecule has 0 atom stereocenters. The van der Waals surface area contributed by atoms with Crippen LogP contribution in [0.25, 0.3) is 11.3 Å². The Morgan fingerprint density at radius 2 is 1.65 bits per heavy atom. The molecule has 0 N–H and O–H groups in total. The molecule has 6 nitrogen and oxygen atoms in total. The molecule has 2 aromatic carbocycles. The van der Waals surface area contributed by atoms with E-state index in [1.54, 1.807) is 55.6 Å². The van der Waals surface area contributed by atoms with Gasteiger partial charge in [0.05, 0.1) is 18.2 Å². The van der Waals surface area contributed by atoms with Crippen LogP contribution >= 0.6 is 0 Å². The zero-order chi connectivity index (χ0) is 16.4. The van der Waals surface area contributed by atoms with E-state index in [0.29, 0.717) is 11.4 Å². The molecule has 0 aliphatic rings. The van der Waals surface area contributed by atoms with Crippen molar-refractivity contribution in [2.45, 2.75) is 11.8 Å². The Morgan fingerprint density at radius 3 is 2.26 bits per heavy atom. The summed E-state index contributed by atoms with van der Waals surface area (Å²) in [6.07, 6.45) is 1.42. The summed E-state index contributed by atoms with van der Waals surface area (Å²) in [6.45, 7) is 1.89. The van der Waals surface area contributed by atoms with E-state index in [-0.39, 0.29) is 4.90 Å².